The summed E-state index contributed by atoms with van der Waals surface area (Å²) in [6, 6.07) is 11.1. The second-order valence-electron chi connectivity index (χ2n) is 4.72. The van der Waals surface area contributed by atoms with Crippen LogP contribution in [0.15, 0.2) is 40.2 Å². The fourth-order valence-corrected chi connectivity index (χ4v) is 3.47. The van der Waals surface area contributed by atoms with Crippen LogP contribution in [0.25, 0.3) is 0 Å². The average molecular weight is 324 g/mol. The zero-order chi connectivity index (χ0) is 13.0. The molecule has 0 aliphatic rings. The summed E-state index contributed by atoms with van der Waals surface area (Å²) in [7, 11) is 0. The Bertz CT molecular complexity index is 489. The summed E-state index contributed by atoms with van der Waals surface area (Å²) in [6.07, 6.45) is 3.08. The predicted octanol–water partition coefficient (Wildman–Crippen LogP) is 4.32. The fraction of sp³-hybridized carbons (Fsp3) is 0.333. The first kappa shape index (κ1) is 13.8. The lowest BCUT2D eigenvalue weighted by molar-refractivity contribution is 0.615. The maximum atomic E-state index is 6.18. The Labute approximate surface area is 121 Å². The molecule has 0 radical (unpaired) electrons. The topological polar surface area (TPSA) is 26.0 Å². The number of hydrogen-bond donors (Lipinski definition) is 1. The third kappa shape index (κ3) is 4.23. The molecule has 0 fully saturated rings. The first-order valence-corrected chi connectivity index (χ1v) is 7.85. The Morgan fingerprint density at radius 2 is 2.00 bits per heavy atom. The van der Waals surface area contributed by atoms with E-state index in [2.05, 4.69) is 58.6 Å². The molecule has 0 bridgehead atoms. The third-order valence-corrected chi connectivity index (χ3v) is 4.73. The molecular formula is C15H18BrNS. The van der Waals surface area contributed by atoms with Crippen molar-refractivity contribution in [1.29, 1.82) is 0 Å². The molecule has 3 heteroatoms. The van der Waals surface area contributed by atoms with Gasteiger partial charge in [-0.15, -0.1) is 11.3 Å². The van der Waals surface area contributed by atoms with Gasteiger partial charge in [-0.25, -0.2) is 0 Å². The van der Waals surface area contributed by atoms with Gasteiger partial charge in [0.05, 0.1) is 0 Å². The molecule has 1 atom stereocenters. The van der Waals surface area contributed by atoms with Crippen molar-refractivity contribution in [2.45, 2.75) is 32.2 Å². The van der Waals surface area contributed by atoms with E-state index in [-0.39, 0.29) is 6.04 Å². The predicted molar refractivity (Wildman–Crippen MR) is 83.2 cm³/mol. The molecule has 2 aromatic rings. The highest BCUT2D eigenvalue weighted by Gasteiger charge is 2.06. The van der Waals surface area contributed by atoms with Gasteiger partial charge in [-0.3, -0.25) is 0 Å². The van der Waals surface area contributed by atoms with Crippen molar-refractivity contribution in [3.63, 3.8) is 0 Å². The lowest BCUT2D eigenvalue weighted by Crippen LogP contribution is -2.23. The quantitative estimate of drug-likeness (QED) is 0.871. The number of benzene rings is 1. The maximum Gasteiger partial charge on any atom is 0.0285 e. The summed E-state index contributed by atoms with van der Waals surface area (Å²) in [5.41, 5.74) is 8.87. The fourth-order valence-electron chi connectivity index (χ4n) is 1.93. The number of rotatable bonds is 5. The van der Waals surface area contributed by atoms with E-state index >= 15 is 0 Å². The monoisotopic (exact) mass is 323 g/mol. The van der Waals surface area contributed by atoms with E-state index in [9.17, 15) is 0 Å². The molecule has 0 saturated carbocycles. The van der Waals surface area contributed by atoms with Gasteiger partial charge in [0.25, 0.3) is 0 Å². The van der Waals surface area contributed by atoms with Crippen molar-refractivity contribution < 1.29 is 0 Å². The van der Waals surface area contributed by atoms with Gasteiger partial charge in [0.2, 0.25) is 0 Å². The van der Waals surface area contributed by atoms with Gasteiger partial charge in [-0.1, -0.05) is 29.8 Å². The van der Waals surface area contributed by atoms with E-state index in [1.165, 1.54) is 16.0 Å². The summed E-state index contributed by atoms with van der Waals surface area (Å²) in [6.45, 7) is 2.12. The van der Waals surface area contributed by atoms with Crippen LogP contribution in [0.1, 0.15) is 22.4 Å². The van der Waals surface area contributed by atoms with E-state index in [1.807, 2.05) is 0 Å². The number of hydrogen-bond acceptors (Lipinski definition) is 2. The Morgan fingerprint density at radius 1 is 1.28 bits per heavy atom. The minimum Gasteiger partial charge on any atom is -0.327 e. The summed E-state index contributed by atoms with van der Waals surface area (Å²) in [5, 5.41) is 2.11. The Hall–Kier alpha value is -0.640. The van der Waals surface area contributed by atoms with Gasteiger partial charge in [0, 0.05) is 20.8 Å². The summed E-state index contributed by atoms with van der Waals surface area (Å²) in [5.74, 6) is 0. The normalized spacial score (nSPS) is 12.6. The molecule has 2 rings (SSSR count). The Kier molecular flexibility index (Phi) is 4.98. The van der Waals surface area contributed by atoms with E-state index in [0.717, 1.165) is 23.7 Å². The second-order valence-corrected chi connectivity index (χ2v) is 6.63. The summed E-state index contributed by atoms with van der Waals surface area (Å²) >= 11 is 5.25. The maximum absolute atomic E-state index is 6.18. The molecule has 1 unspecified atom stereocenters. The minimum absolute atomic E-state index is 0.247. The molecule has 1 aromatic carbocycles. The van der Waals surface area contributed by atoms with Crippen LogP contribution >= 0.6 is 27.3 Å². The number of thiophene rings is 1. The lowest BCUT2D eigenvalue weighted by atomic mass is 10.0. The van der Waals surface area contributed by atoms with Crippen LogP contribution in [0.3, 0.4) is 0 Å². The number of halogens is 1. The molecule has 2 N–H and O–H groups in total. The molecule has 1 nitrogen and oxygen atoms in total. The summed E-state index contributed by atoms with van der Waals surface area (Å²) in [4.78, 5) is 1.36. The first-order chi connectivity index (χ1) is 8.63. The minimum atomic E-state index is 0.247. The second kappa shape index (κ2) is 6.50. The zero-order valence-corrected chi connectivity index (χ0v) is 12.9. The van der Waals surface area contributed by atoms with Gasteiger partial charge in [-0.2, -0.15) is 0 Å². The number of nitrogens with two attached hydrogens (primary N) is 1. The van der Waals surface area contributed by atoms with E-state index < -0.39 is 0 Å². The van der Waals surface area contributed by atoms with Gasteiger partial charge in [0.1, 0.15) is 0 Å². The zero-order valence-electron chi connectivity index (χ0n) is 10.5. The molecule has 1 heterocycles. The van der Waals surface area contributed by atoms with Crippen molar-refractivity contribution in [3.8, 4) is 0 Å². The molecule has 0 saturated heterocycles. The van der Waals surface area contributed by atoms with Crippen LogP contribution in [-0.2, 0) is 12.8 Å². The molecule has 18 heavy (non-hydrogen) atoms. The van der Waals surface area contributed by atoms with E-state index in [0.29, 0.717) is 0 Å². The van der Waals surface area contributed by atoms with Crippen molar-refractivity contribution in [3.05, 3.63) is 56.2 Å². The van der Waals surface area contributed by atoms with E-state index in [1.54, 1.807) is 11.3 Å². The standard InChI is InChI=1S/C15H18BrNS/c1-11-2-4-12(5-3-11)6-7-14(17)9-15-8-13(16)10-18-15/h2-5,8,10,14H,6-7,9,17H2,1H3. The van der Waals surface area contributed by atoms with Gasteiger partial charge < -0.3 is 5.73 Å². The van der Waals surface area contributed by atoms with Crippen molar-refractivity contribution in [1.82, 2.24) is 0 Å². The van der Waals surface area contributed by atoms with Gasteiger partial charge in [-0.05, 0) is 53.7 Å². The number of aryl methyl sites for hydroxylation is 2. The van der Waals surface area contributed by atoms with Gasteiger partial charge in [0.15, 0.2) is 0 Å². The highest BCUT2D eigenvalue weighted by molar-refractivity contribution is 9.10. The molecule has 0 aliphatic heterocycles. The van der Waals surface area contributed by atoms with Crippen molar-refractivity contribution in [2.75, 3.05) is 0 Å². The highest BCUT2D eigenvalue weighted by Crippen LogP contribution is 2.21. The van der Waals surface area contributed by atoms with Crippen molar-refractivity contribution >= 4 is 27.3 Å². The van der Waals surface area contributed by atoms with Crippen LogP contribution in [0, 0.1) is 6.92 Å². The van der Waals surface area contributed by atoms with Crippen LogP contribution < -0.4 is 5.73 Å². The van der Waals surface area contributed by atoms with E-state index in [4.69, 9.17) is 5.73 Å². The molecule has 0 amide bonds. The first-order valence-electron chi connectivity index (χ1n) is 6.17. The van der Waals surface area contributed by atoms with Gasteiger partial charge >= 0.3 is 0 Å². The highest BCUT2D eigenvalue weighted by atomic mass is 79.9. The Balaban J connectivity index is 1.81. The SMILES string of the molecule is Cc1ccc(CCC(N)Cc2cc(Br)cs2)cc1. The Morgan fingerprint density at radius 3 is 2.61 bits per heavy atom. The molecular weight excluding hydrogens is 306 g/mol. The lowest BCUT2D eigenvalue weighted by Gasteiger charge is -2.10. The molecule has 0 spiro atoms. The summed E-state index contributed by atoms with van der Waals surface area (Å²) < 4.78 is 1.16. The van der Waals surface area contributed by atoms with Crippen molar-refractivity contribution in [2.24, 2.45) is 5.73 Å². The largest absolute Gasteiger partial charge is 0.327 e. The molecule has 1 aromatic heterocycles. The molecule has 0 aliphatic carbocycles. The van der Waals surface area contributed by atoms with Crippen LogP contribution in [0.4, 0.5) is 0 Å². The van der Waals surface area contributed by atoms with Crippen LogP contribution in [0.5, 0.6) is 0 Å². The molecule has 96 valence electrons. The van der Waals surface area contributed by atoms with Crippen LogP contribution in [-0.4, -0.2) is 6.04 Å². The smallest absolute Gasteiger partial charge is 0.0285 e. The van der Waals surface area contributed by atoms with Crippen LogP contribution in [0.2, 0.25) is 0 Å². The average Bonchev–Trinajstić information content (AvgIpc) is 2.74. The third-order valence-electron chi connectivity index (χ3n) is 3.01.